The van der Waals surface area contributed by atoms with Gasteiger partial charge in [0.25, 0.3) is 0 Å². The Labute approximate surface area is 142 Å². The second-order valence-electron chi connectivity index (χ2n) is 5.10. The predicted octanol–water partition coefficient (Wildman–Crippen LogP) is 4.80. The van der Waals surface area contributed by atoms with Gasteiger partial charge in [0.1, 0.15) is 24.3 Å². The molecule has 116 valence electrons. The number of ether oxygens (including phenoxy) is 1. The quantitative estimate of drug-likeness (QED) is 0.604. The summed E-state index contributed by atoms with van der Waals surface area (Å²) in [5, 5.41) is 0. The Kier molecular flexibility index (Phi) is 4.57. The van der Waals surface area contributed by atoms with Gasteiger partial charge < -0.3 is 9.15 Å². The van der Waals surface area contributed by atoms with E-state index in [1.165, 1.54) is 5.56 Å². The van der Waals surface area contributed by atoms with Crippen LogP contribution >= 0.6 is 15.9 Å². The molecule has 5 heteroatoms. The van der Waals surface area contributed by atoms with Crippen LogP contribution < -0.4 is 4.74 Å². The van der Waals surface area contributed by atoms with E-state index in [2.05, 4.69) is 20.9 Å². The molecule has 2 aromatic carbocycles. The number of aromatic nitrogens is 1. The van der Waals surface area contributed by atoms with Gasteiger partial charge in [0.2, 0.25) is 5.89 Å². The number of hydrogen-bond acceptors (Lipinski definition) is 4. The second-order valence-corrected chi connectivity index (χ2v) is 6.01. The second kappa shape index (κ2) is 6.79. The van der Waals surface area contributed by atoms with Gasteiger partial charge in [-0.25, -0.2) is 4.98 Å². The van der Waals surface area contributed by atoms with E-state index in [1.54, 1.807) is 18.4 Å². The normalized spacial score (nSPS) is 10.5. The predicted molar refractivity (Wildman–Crippen MR) is 90.5 cm³/mol. The average Bonchev–Trinajstić information content (AvgIpc) is 3.03. The first-order valence-electron chi connectivity index (χ1n) is 7.04. The van der Waals surface area contributed by atoms with Crippen LogP contribution in [-0.4, -0.2) is 11.3 Å². The number of benzene rings is 2. The number of nitrogens with zero attached hydrogens (tertiary/aromatic N) is 1. The molecule has 0 N–H and O–H groups in total. The molecule has 3 rings (SSSR count). The lowest BCUT2D eigenvalue weighted by molar-refractivity contribution is 0.111. The molecule has 0 saturated heterocycles. The molecule has 0 aliphatic heterocycles. The monoisotopic (exact) mass is 371 g/mol. The van der Waals surface area contributed by atoms with E-state index in [1.807, 2.05) is 37.3 Å². The molecule has 0 fully saturated rings. The smallest absolute Gasteiger partial charge is 0.226 e. The summed E-state index contributed by atoms with van der Waals surface area (Å²) in [5.41, 5.74) is 3.25. The zero-order valence-corrected chi connectivity index (χ0v) is 14.0. The lowest BCUT2D eigenvalue weighted by Gasteiger charge is -2.06. The van der Waals surface area contributed by atoms with Gasteiger partial charge in [-0.3, -0.25) is 4.79 Å². The highest BCUT2D eigenvalue weighted by Gasteiger charge is 2.09. The number of carbonyl (C=O) groups excluding carboxylic acids is 1. The third-order valence-corrected chi connectivity index (χ3v) is 3.82. The van der Waals surface area contributed by atoms with Crippen molar-refractivity contribution in [3.8, 4) is 17.2 Å². The van der Waals surface area contributed by atoms with Gasteiger partial charge in [-0.2, -0.15) is 0 Å². The van der Waals surface area contributed by atoms with Gasteiger partial charge in [-0.05, 0) is 37.3 Å². The Morgan fingerprint density at radius 1 is 1.22 bits per heavy atom. The van der Waals surface area contributed by atoms with E-state index in [4.69, 9.17) is 9.15 Å². The topological polar surface area (TPSA) is 52.3 Å². The first-order chi connectivity index (χ1) is 11.2. The molecular formula is C18H14BrNO3. The van der Waals surface area contributed by atoms with E-state index >= 15 is 0 Å². The van der Waals surface area contributed by atoms with Crippen molar-refractivity contribution in [1.82, 2.24) is 4.98 Å². The summed E-state index contributed by atoms with van der Waals surface area (Å²) in [6.07, 6.45) is 2.33. The van der Waals surface area contributed by atoms with Crippen molar-refractivity contribution in [3.63, 3.8) is 0 Å². The van der Waals surface area contributed by atoms with Gasteiger partial charge in [0, 0.05) is 10.0 Å². The Balaban J connectivity index is 1.72. The standard InChI is InChI=1S/C18H14BrNO3/c1-12-2-4-13(5-3-12)18-20-16(11-23-18)10-22-17-7-6-15(19)8-14(17)9-21/h2-9,11H,10H2,1H3. The molecule has 0 radical (unpaired) electrons. The van der Waals surface area contributed by atoms with Crippen molar-refractivity contribution >= 4 is 22.2 Å². The molecular weight excluding hydrogens is 358 g/mol. The van der Waals surface area contributed by atoms with Crippen LogP contribution in [0, 0.1) is 6.92 Å². The maximum absolute atomic E-state index is 11.1. The largest absolute Gasteiger partial charge is 0.486 e. The van der Waals surface area contributed by atoms with Crippen molar-refractivity contribution in [2.24, 2.45) is 0 Å². The van der Waals surface area contributed by atoms with E-state index in [0.717, 1.165) is 16.3 Å². The van der Waals surface area contributed by atoms with Crippen molar-refractivity contribution in [1.29, 1.82) is 0 Å². The van der Waals surface area contributed by atoms with Crippen LogP contribution in [0.5, 0.6) is 5.75 Å². The fraction of sp³-hybridized carbons (Fsp3) is 0.111. The van der Waals surface area contributed by atoms with E-state index in [-0.39, 0.29) is 6.61 Å². The zero-order valence-electron chi connectivity index (χ0n) is 12.5. The summed E-state index contributed by atoms with van der Waals surface area (Å²) in [7, 11) is 0. The Hall–Kier alpha value is -2.40. The molecule has 0 unspecified atom stereocenters. The number of carbonyl (C=O) groups is 1. The highest BCUT2D eigenvalue weighted by atomic mass is 79.9. The summed E-state index contributed by atoms with van der Waals surface area (Å²) in [6.45, 7) is 2.26. The molecule has 0 atom stereocenters. The maximum Gasteiger partial charge on any atom is 0.226 e. The molecule has 0 saturated carbocycles. The molecule has 3 aromatic rings. The molecule has 0 spiro atoms. The highest BCUT2D eigenvalue weighted by Crippen LogP contribution is 2.24. The molecule has 23 heavy (non-hydrogen) atoms. The van der Waals surface area contributed by atoms with Crippen molar-refractivity contribution in [2.75, 3.05) is 0 Å². The fourth-order valence-corrected chi connectivity index (χ4v) is 2.48. The molecule has 0 aliphatic rings. The fourth-order valence-electron chi connectivity index (χ4n) is 2.10. The minimum Gasteiger partial charge on any atom is -0.486 e. The molecule has 4 nitrogen and oxygen atoms in total. The molecule has 0 amide bonds. The number of hydrogen-bond donors (Lipinski definition) is 0. The van der Waals surface area contributed by atoms with Gasteiger partial charge in [0.05, 0.1) is 5.56 Å². The summed E-state index contributed by atoms with van der Waals surface area (Å²) in [6, 6.07) is 13.2. The Morgan fingerprint density at radius 3 is 2.74 bits per heavy atom. The summed E-state index contributed by atoms with van der Waals surface area (Å²) >= 11 is 3.33. The van der Waals surface area contributed by atoms with Crippen molar-refractivity contribution < 1.29 is 13.9 Å². The molecule has 1 heterocycles. The third-order valence-electron chi connectivity index (χ3n) is 3.32. The van der Waals surface area contributed by atoms with E-state index in [0.29, 0.717) is 22.9 Å². The summed E-state index contributed by atoms with van der Waals surface area (Å²) < 4.78 is 12.0. The summed E-state index contributed by atoms with van der Waals surface area (Å²) in [4.78, 5) is 15.5. The van der Waals surface area contributed by atoms with Crippen LogP contribution in [0.15, 0.2) is 57.6 Å². The maximum atomic E-state index is 11.1. The van der Waals surface area contributed by atoms with Crippen molar-refractivity contribution in [2.45, 2.75) is 13.5 Å². The number of halogens is 1. The molecule has 1 aromatic heterocycles. The van der Waals surface area contributed by atoms with E-state index < -0.39 is 0 Å². The van der Waals surface area contributed by atoms with Crippen LogP contribution in [0.2, 0.25) is 0 Å². The average molecular weight is 372 g/mol. The third kappa shape index (κ3) is 3.68. The van der Waals surface area contributed by atoms with Crippen molar-refractivity contribution in [3.05, 3.63) is 70.0 Å². The summed E-state index contributed by atoms with van der Waals surface area (Å²) in [5.74, 6) is 1.07. The van der Waals surface area contributed by atoms with Gasteiger partial charge in [0.15, 0.2) is 6.29 Å². The van der Waals surface area contributed by atoms with Crippen LogP contribution in [-0.2, 0) is 6.61 Å². The molecule has 0 aliphatic carbocycles. The minimum atomic E-state index is 0.234. The zero-order chi connectivity index (χ0) is 16.2. The first kappa shape index (κ1) is 15.5. The number of aldehydes is 1. The molecule has 0 bridgehead atoms. The van der Waals surface area contributed by atoms with Gasteiger partial charge in [-0.15, -0.1) is 0 Å². The van der Waals surface area contributed by atoms with Gasteiger partial charge in [-0.1, -0.05) is 33.6 Å². The highest BCUT2D eigenvalue weighted by molar-refractivity contribution is 9.10. The Bertz CT molecular complexity index is 825. The van der Waals surface area contributed by atoms with E-state index in [9.17, 15) is 4.79 Å². The number of rotatable bonds is 5. The lowest BCUT2D eigenvalue weighted by Crippen LogP contribution is -1.98. The van der Waals surface area contributed by atoms with Crippen LogP contribution in [0.4, 0.5) is 0 Å². The van der Waals surface area contributed by atoms with Crippen LogP contribution in [0.1, 0.15) is 21.6 Å². The van der Waals surface area contributed by atoms with Crippen LogP contribution in [0.3, 0.4) is 0 Å². The van der Waals surface area contributed by atoms with Crippen LogP contribution in [0.25, 0.3) is 11.5 Å². The SMILES string of the molecule is Cc1ccc(-c2nc(COc3ccc(Br)cc3C=O)co2)cc1. The lowest BCUT2D eigenvalue weighted by atomic mass is 10.1. The first-order valence-corrected chi connectivity index (χ1v) is 7.84. The van der Waals surface area contributed by atoms with Gasteiger partial charge >= 0.3 is 0 Å². The Morgan fingerprint density at radius 2 is 2.00 bits per heavy atom. The minimum absolute atomic E-state index is 0.234. The number of aryl methyl sites for hydroxylation is 1. The number of oxazole rings is 1.